The van der Waals surface area contributed by atoms with Crippen molar-refractivity contribution < 1.29 is 38.1 Å². The summed E-state index contributed by atoms with van der Waals surface area (Å²) >= 11 is 0. The molecule has 11 heteroatoms. The number of hydrogen-bond acceptors (Lipinski definition) is 9. The van der Waals surface area contributed by atoms with E-state index in [1.54, 1.807) is 0 Å². The van der Waals surface area contributed by atoms with Crippen LogP contribution < -0.4 is 0 Å². The molecule has 0 saturated carbocycles. The number of rotatable bonds is 9. The minimum Gasteiger partial charge on any atom is -0.463 e. The summed E-state index contributed by atoms with van der Waals surface area (Å²) in [6.45, 7) is 5.58. The van der Waals surface area contributed by atoms with Crippen LogP contribution in [0.25, 0.3) is 10.4 Å². The van der Waals surface area contributed by atoms with Crippen LogP contribution in [0.5, 0.6) is 0 Å². The molecule has 0 radical (unpaired) electrons. The molecule has 0 amide bonds. The number of unbranched alkanes of at least 4 members (excludes halogenated alkanes) is 1. The molecule has 2 unspecified atom stereocenters. The highest BCUT2D eigenvalue weighted by Crippen LogP contribution is 2.30. The van der Waals surface area contributed by atoms with Crippen molar-refractivity contribution in [2.24, 2.45) is 5.11 Å². The molecule has 0 spiro atoms. The Hall–Kier alpha value is -2.36. The van der Waals surface area contributed by atoms with Gasteiger partial charge in [-0.1, -0.05) is 18.5 Å². The summed E-state index contributed by atoms with van der Waals surface area (Å²) in [7, 11) is 0. The van der Waals surface area contributed by atoms with E-state index in [2.05, 4.69) is 10.0 Å². The van der Waals surface area contributed by atoms with Crippen LogP contribution in [-0.4, -0.2) is 61.8 Å². The molecule has 0 N–H and O–H groups in total. The first kappa shape index (κ1) is 22.7. The summed E-state index contributed by atoms with van der Waals surface area (Å²) in [6.07, 6.45) is -2.68. The monoisotopic (exact) mass is 387 g/mol. The van der Waals surface area contributed by atoms with Crippen LogP contribution in [0.2, 0.25) is 0 Å². The first-order chi connectivity index (χ1) is 12.8. The number of hydrogen-bond donors (Lipinski definition) is 0. The van der Waals surface area contributed by atoms with E-state index in [0.717, 1.165) is 6.42 Å². The lowest BCUT2D eigenvalue weighted by molar-refractivity contribution is -0.270. The van der Waals surface area contributed by atoms with E-state index in [1.807, 2.05) is 6.92 Å². The maximum atomic E-state index is 11.6. The van der Waals surface area contributed by atoms with Crippen LogP contribution in [-0.2, 0) is 38.1 Å². The van der Waals surface area contributed by atoms with Gasteiger partial charge in [0.1, 0.15) is 24.9 Å². The van der Waals surface area contributed by atoms with Gasteiger partial charge < -0.3 is 23.7 Å². The topological polar surface area (TPSA) is 146 Å². The second-order valence-corrected chi connectivity index (χ2v) is 5.91. The van der Waals surface area contributed by atoms with Crippen LogP contribution in [0.4, 0.5) is 0 Å². The number of azide groups is 1. The van der Waals surface area contributed by atoms with E-state index in [1.165, 1.54) is 20.8 Å². The zero-order valence-corrected chi connectivity index (χ0v) is 15.8. The van der Waals surface area contributed by atoms with Gasteiger partial charge >= 0.3 is 17.9 Å². The molecule has 1 fully saturated rings. The lowest BCUT2D eigenvalue weighted by Crippen LogP contribution is -2.61. The third kappa shape index (κ3) is 7.41. The number of carbonyl (C=O) groups excluding carboxylic acids is 3. The average molecular weight is 387 g/mol. The summed E-state index contributed by atoms with van der Waals surface area (Å²) < 4.78 is 26.8. The fourth-order valence-corrected chi connectivity index (χ4v) is 2.56. The molecule has 0 aromatic carbocycles. The van der Waals surface area contributed by atoms with E-state index in [4.69, 9.17) is 29.2 Å². The minimum absolute atomic E-state index is 0.262. The molecule has 0 aliphatic carbocycles. The minimum atomic E-state index is -1.28. The normalized spacial score (nSPS) is 27.2. The fourth-order valence-electron chi connectivity index (χ4n) is 2.56. The van der Waals surface area contributed by atoms with Gasteiger partial charge in [-0.3, -0.25) is 14.4 Å². The highest BCUT2D eigenvalue weighted by molar-refractivity contribution is 5.67. The van der Waals surface area contributed by atoms with Crippen molar-refractivity contribution in [2.45, 2.75) is 71.2 Å². The Balaban J connectivity index is 3.20. The number of nitrogens with zero attached hydrogens (tertiary/aromatic N) is 3. The molecule has 1 heterocycles. The fraction of sp³-hybridized carbons (Fsp3) is 0.812. The third-order valence-corrected chi connectivity index (χ3v) is 3.64. The summed E-state index contributed by atoms with van der Waals surface area (Å²) in [5.74, 6) is -1.85. The van der Waals surface area contributed by atoms with Crippen molar-refractivity contribution in [3.05, 3.63) is 10.4 Å². The summed E-state index contributed by atoms with van der Waals surface area (Å²) in [6, 6.07) is -1.09. The molecule has 27 heavy (non-hydrogen) atoms. The Kier molecular flexibility index (Phi) is 9.55. The molecule has 0 aromatic heterocycles. The Labute approximate surface area is 156 Å². The third-order valence-electron chi connectivity index (χ3n) is 3.64. The first-order valence-corrected chi connectivity index (χ1v) is 8.59. The summed E-state index contributed by atoms with van der Waals surface area (Å²) in [5, 5.41) is 3.62. The molecule has 0 aromatic rings. The zero-order chi connectivity index (χ0) is 20.4. The molecule has 1 aliphatic rings. The van der Waals surface area contributed by atoms with E-state index in [-0.39, 0.29) is 6.61 Å². The second kappa shape index (κ2) is 11.4. The molecule has 1 rings (SSSR count). The SMILES string of the molecule is CCCCOC1[C@H](OC(C)=O)C(COC(C)=O)O[C@@H](OC(C)=O)[C@H]1N=[N+]=[N-]. The van der Waals surface area contributed by atoms with Crippen molar-refractivity contribution in [3.63, 3.8) is 0 Å². The van der Waals surface area contributed by atoms with Crippen molar-refractivity contribution in [1.82, 2.24) is 0 Å². The Morgan fingerprint density at radius 1 is 1.07 bits per heavy atom. The van der Waals surface area contributed by atoms with Gasteiger partial charge in [0, 0.05) is 32.3 Å². The molecule has 11 nitrogen and oxygen atoms in total. The highest BCUT2D eigenvalue weighted by atomic mass is 16.7. The lowest BCUT2D eigenvalue weighted by Gasteiger charge is -2.43. The zero-order valence-electron chi connectivity index (χ0n) is 15.8. The maximum absolute atomic E-state index is 11.6. The Morgan fingerprint density at radius 3 is 2.26 bits per heavy atom. The van der Waals surface area contributed by atoms with Crippen molar-refractivity contribution >= 4 is 17.9 Å². The van der Waals surface area contributed by atoms with E-state index >= 15 is 0 Å². The number of carbonyl (C=O) groups is 3. The van der Waals surface area contributed by atoms with Crippen LogP contribution in [0, 0.1) is 0 Å². The molecule has 0 bridgehead atoms. The van der Waals surface area contributed by atoms with Gasteiger partial charge in [0.05, 0.1) is 0 Å². The van der Waals surface area contributed by atoms with Crippen LogP contribution in [0.3, 0.4) is 0 Å². The average Bonchev–Trinajstić information content (AvgIpc) is 2.57. The Bertz CT molecular complexity index is 578. The van der Waals surface area contributed by atoms with Gasteiger partial charge in [-0.15, -0.1) is 0 Å². The van der Waals surface area contributed by atoms with Crippen LogP contribution in [0.15, 0.2) is 5.11 Å². The van der Waals surface area contributed by atoms with Crippen molar-refractivity contribution in [1.29, 1.82) is 0 Å². The van der Waals surface area contributed by atoms with Crippen LogP contribution in [0.1, 0.15) is 40.5 Å². The van der Waals surface area contributed by atoms with Gasteiger partial charge in [-0.2, -0.15) is 0 Å². The van der Waals surface area contributed by atoms with Gasteiger partial charge in [-0.25, -0.2) is 0 Å². The standard InChI is InChI=1S/C16H25N3O8/c1-5-6-7-23-15-13(18-19-17)16(26-11(4)22)27-12(8-24-9(2)20)14(15)25-10(3)21/h12-16H,5-8H2,1-4H3/t12?,13-,14+,15?,16+/m0/s1. The van der Waals surface area contributed by atoms with Gasteiger partial charge in [0.15, 0.2) is 6.10 Å². The van der Waals surface area contributed by atoms with Crippen molar-refractivity contribution in [2.75, 3.05) is 13.2 Å². The number of esters is 3. The molecule has 1 aliphatic heterocycles. The smallest absolute Gasteiger partial charge is 0.304 e. The summed E-state index contributed by atoms with van der Waals surface area (Å²) in [5.41, 5.74) is 8.90. The second-order valence-electron chi connectivity index (χ2n) is 5.91. The molecular weight excluding hydrogens is 362 g/mol. The van der Waals surface area contributed by atoms with Crippen molar-refractivity contribution in [3.8, 4) is 0 Å². The lowest BCUT2D eigenvalue weighted by atomic mass is 9.96. The van der Waals surface area contributed by atoms with Gasteiger partial charge in [0.2, 0.25) is 6.29 Å². The van der Waals surface area contributed by atoms with Gasteiger partial charge in [-0.05, 0) is 12.0 Å². The highest BCUT2D eigenvalue weighted by Gasteiger charge is 2.50. The summed E-state index contributed by atoms with van der Waals surface area (Å²) in [4.78, 5) is 36.9. The maximum Gasteiger partial charge on any atom is 0.304 e. The van der Waals surface area contributed by atoms with Crippen LogP contribution >= 0.6 is 0 Å². The number of ether oxygens (including phenoxy) is 5. The molecule has 152 valence electrons. The van der Waals surface area contributed by atoms with Gasteiger partial charge in [0.25, 0.3) is 0 Å². The molecule has 1 saturated heterocycles. The predicted molar refractivity (Wildman–Crippen MR) is 90.2 cm³/mol. The van der Waals surface area contributed by atoms with E-state index in [9.17, 15) is 14.4 Å². The molecular formula is C16H25N3O8. The first-order valence-electron chi connectivity index (χ1n) is 8.59. The quantitative estimate of drug-likeness (QED) is 0.145. The molecule has 5 atom stereocenters. The predicted octanol–water partition coefficient (Wildman–Crippen LogP) is 1.63. The van der Waals surface area contributed by atoms with E-state index < -0.39 is 48.6 Å². The largest absolute Gasteiger partial charge is 0.463 e. The van der Waals surface area contributed by atoms with E-state index in [0.29, 0.717) is 13.0 Å². The Morgan fingerprint density at radius 2 is 1.74 bits per heavy atom.